The fourth-order valence-corrected chi connectivity index (χ4v) is 2.12. The maximum Gasteiger partial charge on any atom is 0.0825 e. The molecule has 1 heteroatoms. The molecular weight excluding hydrogens is 136 g/mol. The van der Waals surface area contributed by atoms with E-state index in [0.29, 0.717) is 5.92 Å². The summed E-state index contributed by atoms with van der Waals surface area (Å²) in [5.41, 5.74) is 0. The zero-order valence-electron chi connectivity index (χ0n) is 7.51. The monoisotopic (exact) mass is 155 g/mol. The van der Waals surface area contributed by atoms with Gasteiger partial charge in [-0.1, -0.05) is 39.0 Å². The van der Waals surface area contributed by atoms with Gasteiger partial charge in [0.25, 0.3) is 0 Å². The first-order valence-corrected chi connectivity index (χ1v) is 4.92. The SMILES string of the molecule is CC(CC[O])C1CCCCC1. The molecule has 1 unspecified atom stereocenters. The summed E-state index contributed by atoms with van der Waals surface area (Å²) in [6, 6.07) is 0. The van der Waals surface area contributed by atoms with Crippen LogP contribution in [0.4, 0.5) is 0 Å². The van der Waals surface area contributed by atoms with Crippen LogP contribution in [0, 0.1) is 11.8 Å². The Morgan fingerprint density at radius 2 is 1.91 bits per heavy atom. The lowest BCUT2D eigenvalue weighted by Crippen LogP contribution is -2.15. The molecule has 0 aliphatic heterocycles. The van der Waals surface area contributed by atoms with E-state index in [4.69, 9.17) is 0 Å². The lowest BCUT2D eigenvalue weighted by Gasteiger charge is -2.26. The van der Waals surface area contributed by atoms with Gasteiger partial charge in [0.05, 0.1) is 6.61 Å². The van der Waals surface area contributed by atoms with Crippen molar-refractivity contribution in [3.05, 3.63) is 0 Å². The standard InChI is InChI=1S/C10H19O/c1-9(7-8-11)10-5-3-2-4-6-10/h9-10H,2-8H2,1H3. The lowest BCUT2D eigenvalue weighted by atomic mass is 9.80. The van der Waals surface area contributed by atoms with Gasteiger partial charge in [-0.25, -0.2) is 5.11 Å². The van der Waals surface area contributed by atoms with Crippen molar-refractivity contribution in [2.75, 3.05) is 6.61 Å². The second-order valence-corrected chi connectivity index (χ2v) is 3.87. The van der Waals surface area contributed by atoms with Crippen molar-refractivity contribution in [1.82, 2.24) is 0 Å². The van der Waals surface area contributed by atoms with Crippen molar-refractivity contribution in [3.8, 4) is 0 Å². The van der Waals surface area contributed by atoms with Gasteiger partial charge in [-0.05, 0) is 18.3 Å². The van der Waals surface area contributed by atoms with E-state index in [2.05, 4.69) is 6.92 Å². The first-order valence-electron chi connectivity index (χ1n) is 4.92. The van der Waals surface area contributed by atoms with Crippen LogP contribution < -0.4 is 0 Å². The average Bonchev–Trinajstić information content (AvgIpc) is 2.07. The number of hydrogen-bond donors (Lipinski definition) is 0. The van der Waals surface area contributed by atoms with Crippen LogP contribution in [0.2, 0.25) is 0 Å². The van der Waals surface area contributed by atoms with Crippen LogP contribution in [0.1, 0.15) is 45.4 Å². The highest BCUT2D eigenvalue weighted by Gasteiger charge is 2.19. The fourth-order valence-electron chi connectivity index (χ4n) is 2.12. The van der Waals surface area contributed by atoms with E-state index in [-0.39, 0.29) is 6.61 Å². The molecule has 0 bridgehead atoms. The van der Waals surface area contributed by atoms with E-state index >= 15 is 0 Å². The molecule has 1 rings (SSSR count). The van der Waals surface area contributed by atoms with E-state index in [1.807, 2.05) is 0 Å². The summed E-state index contributed by atoms with van der Waals surface area (Å²) in [6.45, 7) is 2.37. The largest absolute Gasteiger partial charge is 0.237 e. The second-order valence-electron chi connectivity index (χ2n) is 3.87. The molecule has 0 heterocycles. The third-order valence-electron chi connectivity index (χ3n) is 3.03. The van der Waals surface area contributed by atoms with Crippen LogP contribution >= 0.6 is 0 Å². The molecule has 1 saturated carbocycles. The molecule has 0 aromatic rings. The Morgan fingerprint density at radius 3 is 2.45 bits per heavy atom. The van der Waals surface area contributed by atoms with Crippen molar-refractivity contribution >= 4 is 0 Å². The van der Waals surface area contributed by atoms with Gasteiger partial charge < -0.3 is 0 Å². The lowest BCUT2D eigenvalue weighted by molar-refractivity contribution is 0.146. The molecule has 65 valence electrons. The van der Waals surface area contributed by atoms with Crippen LogP contribution in [0.3, 0.4) is 0 Å². The van der Waals surface area contributed by atoms with E-state index in [1.165, 1.54) is 32.1 Å². The maximum atomic E-state index is 10.4. The van der Waals surface area contributed by atoms with Crippen molar-refractivity contribution < 1.29 is 5.11 Å². The van der Waals surface area contributed by atoms with Gasteiger partial charge in [0.2, 0.25) is 0 Å². The molecule has 0 aromatic carbocycles. The Balaban J connectivity index is 2.21. The summed E-state index contributed by atoms with van der Waals surface area (Å²) < 4.78 is 0. The Morgan fingerprint density at radius 1 is 1.27 bits per heavy atom. The third-order valence-corrected chi connectivity index (χ3v) is 3.03. The topological polar surface area (TPSA) is 19.9 Å². The third kappa shape index (κ3) is 2.82. The predicted molar refractivity (Wildman–Crippen MR) is 45.9 cm³/mol. The molecule has 1 aliphatic carbocycles. The minimum absolute atomic E-state index is 0.123. The van der Waals surface area contributed by atoms with Crippen LogP contribution in [0.25, 0.3) is 0 Å². The summed E-state index contributed by atoms with van der Waals surface area (Å²) >= 11 is 0. The molecule has 1 atom stereocenters. The Hall–Kier alpha value is -0.0400. The Kier molecular flexibility index (Phi) is 3.92. The molecule has 0 saturated heterocycles. The first kappa shape index (κ1) is 9.05. The van der Waals surface area contributed by atoms with Gasteiger partial charge in [-0.2, -0.15) is 0 Å². The summed E-state index contributed by atoms with van der Waals surface area (Å²) in [6.07, 6.45) is 7.86. The van der Waals surface area contributed by atoms with Crippen LogP contribution in [0.15, 0.2) is 0 Å². The predicted octanol–water partition coefficient (Wildman–Crippen LogP) is 3.02. The number of hydrogen-bond acceptors (Lipinski definition) is 0. The van der Waals surface area contributed by atoms with Crippen LogP contribution in [-0.4, -0.2) is 6.61 Å². The maximum absolute atomic E-state index is 10.4. The molecule has 11 heavy (non-hydrogen) atoms. The van der Waals surface area contributed by atoms with Gasteiger partial charge >= 0.3 is 0 Å². The normalized spacial score (nSPS) is 23.5. The highest BCUT2D eigenvalue weighted by Crippen LogP contribution is 2.31. The minimum Gasteiger partial charge on any atom is -0.237 e. The van der Waals surface area contributed by atoms with E-state index in [0.717, 1.165) is 12.3 Å². The zero-order valence-corrected chi connectivity index (χ0v) is 7.51. The molecule has 0 amide bonds. The van der Waals surface area contributed by atoms with Crippen LogP contribution in [-0.2, 0) is 5.11 Å². The second kappa shape index (κ2) is 4.76. The molecule has 0 spiro atoms. The zero-order chi connectivity index (χ0) is 8.10. The summed E-state index contributed by atoms with van der Waals surface area (Å²) in [4.78, 5) is 0. The van der Waals surface area contributed by atoms with Crippen molar-refractivity contribution in [3.63, 3.8) is 0 Å². The van der Waals surface area contributed by atoms with Gasteiger partial charge in [0, 0.05) is 0 Å². The summed E-state index contributed by atoms with van der Waals surface area (Å²) in [7, 11) is 0. The molecular formula is C10H19O. The average molecular weight is 155 g/mol. The van der Waals surface area contributed by atoms with E-state index in [1.54, 1.807) is 0 Å². The molecule has 1 radical (unpaired) electrons. The molecule has 0 aromatic heterocycles. The highest BCUT2D eigenvalue weighted by molar-refractivity contribution is 4.70. The Bertz CT molecular complexity index is 95.0. The number of rotatable bonds is 3. The molecule has 0 N–H and O–H groups in total. The van der Waals surface area contributed by atoms with Gasteiger partial charge in [-0.3, -0.25) is 0 Å². The van der Waals surface area contributed by atoms with E-state index in [9.17, 15) is 5.11 Å². The minimum atomic E-state index is 0.123. The van der Waals surface area contributed by atoms with Crippen LogP contribution in [0.5, 0.6) is 0 Å². The van der Waals surface area contributed by atoms with Gasteiger partial charge in [-0.15, -0.1) is 0 Å². The van der Waals surface area contributed by atoms with Gasteiger partial charge in [0.15, 0.2) is 0 Å². The molecule has 1 aliphatic rings. The smallest absolute Gasteiger partial charge is 0.0825 e. The molecule has 1 nitrogen and oxygen atoms in total. The van der Waals surface area contributed by atoms with E-state index < -0.39 is 0 Å². The highest BCUT2D eigenvalue weighted by atomic mass is 16.3. The molecule has 1 fully saturated rings. The summed E-state index contributed by atoms with van der Waals surface area (Å²) in [5, 5.41) is 10.4. The van der Waals surface area contributed by atoms with Crippen molar-refractivity contribution in [1.29, 1.82) is 0 Å². The van der Waals surface area contributed by atoms with Crippen molar-refractivity contribution in [2.24, 2.45) is 11.8 Å². The summed E-state index contributed by atoms with van der Waals surface area (Å²) in [5.74, 6) is 1.56. The Labute approximate surface area is 69.8 Å². The quantitative estimate of drug-likeness (QED) is 0.597. The van der Waals surface area contributed by atoms with Crippen molar-refractivity contribution in [2.45, 2.75) is 45.4 Å². The first-order chi connectivity index (χ1) is 5.34. The van der Waals surface area contributed by atoms with Gasteiger partial charge in [0.1, 0.15) is 0 Å². The fraction of sp³-hybridized carbons (Fsp3) is 1.00.